The van der Waals surface area contributed by atoms with Crippen LogP contribution >= 0.6 is 0 Å². The molecule has 1 fully saturated rings. The van der Waals surface area contributed by atoms with E-state index in [4.69, 9.17) is 10.5 Å². The monoisotopic (exact) mass is 362 g/mol. The highest BCUT2D eigenvalue weighted by molar-refractivity contribution is 6.02. The summed E-state index contributed by atoms with van der Waals surface area (Å²) in [6, 6.07) is 3.80. The number of hydrogen-bond donors (Lipinski definition) is 1. The number of nitro groups is 1. The van der Waals surface area contributed by atoms with E-state index in [-0.39, 0.29) is 42.5 Å². The number of non-ortho nitro benzene ring substituents is 1. The lowest BCUT2D eigenvalue weighted by Crippen LogP contribution is -2.55. The fourth-order valence-corrected chi connectivity index (χ4v) is 3.52. The van der Waals surface area contributed by atoms with Crippen LogP contribution in [0.4, 0.5) is 11.4 Å². The summed E-state index contributed by atoms with van der Waals surface area (Å²) < 4.78 is 5.33. The van der Waals surface area contributed by atoms with Crippen LogP contribution in [0.3, 0.4) is 0 Å². The Hall–Kier alpha value is -2.68. The number of likely N-dealkylation sites (tertiary alicyclic amines) is 1. The fourth-order valence-electron chi connectivity index (χ4n) is 3.52. The molecule has 0 saturated carbocycles. The molecule has 2 atom stereocenters. The molecule has 2 unspecified atom stereocenters. The molecule has 1 aromatic rings. The Morgan fingerprint density at radius 2 is 2.23 bits per heavy atom. The highest BCUT2D eigenvalue weighted by Gasteiger charge is 2.34. The average molecular weight is 362 g/mol. The van der Waals surface area contributed by atoms with Gasteiger partial charge in [0.1, 0.15) is 12.3 Å². The van der Waals surface area contributed by atoms with Crippen molar-refractivity contribution < 1.29 is 19.2 Å². The Morgan fingerprint density at radius 3 is 2.92 bits per heavy atom. The summed E-state index contributed by atoms with van der Waals surface area (Å²) in [4.78, 5) is 38.6. The van der Waals surface area contributed by atoms with Crippen LogP contribution in [0.2, 0.25) is 0 Å². The van der Waals surface area contributed by atoms with Gasteiger partial charge in [-0.3, -0.25) is 24.6 Å². The Bertz CT molecular complexity index is 736. The molecule has 2 aliphatic rings. The minimum absolute atomic E-state index is 0.0584. The van der Waals surface area contributed by atoms with Crippen LogP contribution in [-0.2, 0) is 9.59 Å². The van der Waals surface area contributed by atoms with E-state index in [1.165, 1.54) is 23.1 Å². The molecule has 9 nitrogen and oxygen atoms in total. The van der Waals surface area contributed by atoms with Gasteiger partial charge >= 0.3 is 0 Å². The molecule has 1 aromatic carbocycles. The number of nitro benzene ring substituents is 1. The van der Waals surface area contributed by atoms with Crippen molar-refractivity contribution in [2.45, 2.75) is 38.3 Å². The predicted molar refractivity (Wildman–Crippen MR) is 93.9 cm³/mol. The number of anilines is 1. The van der Waals surface area contributed by atoms with Crippen LogP contribution < -0.4 is 15.4 Å². The fraction of sp³-hybridized carbons (Fsp3) is 0.529. The average Bonchev–Trinajstić information content (AvgIpc) is 2.63. The molecule has 0 spiro atoms. The Kier molecular flexibility index (Phi) is 5.08. The van der Waals surface area contributed by atoms with Gasteiger partial charge in [0.25, 0.3) is 11.6 Å². The number of carbonyl (C=O) groups is 2. The molecule has 0 aromatic heterocycles. The molecule has 2 amide bonds. The maximum absolute atomic E-state index is 12.9. The van der Waals surface area contributed by atoms with Crippen molar-refractivity contribution in [3.05, 3.63) is 28.3 Å². The third-order valence-corrected chi connectivity index (χ3v) is 4.87. The molecule has 0 radical (unpaired) electrons. The summed E-state index contributed by atoms with van der Waals surface area (Å²) in [5.41, 5.74) is 6.10. The van der Waals surface area contributed by atoms with Gasteiger partial charge in [-0.2, -0.15) is 0 Å². The molecule has 0 bridgehead atoms. The summed E-state index contributed by atoms with van der Waals surface area (Å²) in [6.45, 7) is 2.09. The second kappa shape index (κ2) is 7.28. The first-order valence-electron chi connectivity index (χ1n) is 8.65. The topological polar surface area (TPSA) is 119 Å². The summed E-state index contributed by atoms with van der Waals surface area (Å²) in [6.07, 6.45) is 2.75. The molecule has 2 N–H and O–H groups in total. The van der Waals surface area contributed by atoms with Crippen LogP contribution in [-0.4, -0.2) is 53.4 Å². The maximum Gasteiger partial charge on any atom is 0.271 e. The lowest BCUT2D eigenvalue weighted by molar-refractivity contribution is -0.384. The number of amides is 2. The predicted octanol–water partition coefficient (Wildman–Crippen LogP) is 1.05. The van der Waals surface area contributed by atoms with Crippen LogP contribution in [0.1, 0.15) is 26.2 Å². The van der Waals surface area contributed by atoms with Gasteiger partial charge in [0.05, 0.1) is 10.6 Å². The van der Waals surface area contributed by atoms with Gasteiger partial charge in [-0.1, -0.05) is 0 Å². The van der Waals surface area contributed by atoms with E-state index in [2.05, 4.69) is 0 Å². The van der Waals surface area contributed by atoms with E-state index < -0.39 is 10.8 Å². The number of carbonyl (C=O) groups excluding carboxylic acids is 2. The van der Waals surface area contributed by atoms with Crippen molar-refractivity contribution in [1.29, 1.82) is 0 Å². The molecule has 140 valence electrons. The van der Waals surface area contributed by atoms with E-state index in [0.29, 0.717) is 12.3 Å². The highest BCUT2D eigenvalue weighted by Crippen LogP contribution is 2.35. The zero-order chi connectivity index (χ0) is 18.8. The summed E-state index contributed by atoms with van der Waals surface area (Å²) in [5, 5.41) is 11.0. The van der Waals surface area contributed by atoms with Gasteiger partial charge in [-0.25, -0.2) is 0 Å². The van der Waals surface area contributed by atoms with Gasteiger partial charge in [-0.15, -0.1) is 0 Å². The third-order valence-electron chi connectivity index (χ3n) is 4.87. The van der Waals surface area contributed by atoms with E-state index in [1.807, 2.05) is 6.92 Å². The van der Waals surface area contributed by atoms with Crippen molar-refractivity contribution in [3.8, 4) is 5.75 Å². The minimum Gasteiger partial charge on any atom is -0.482 e. The normalized spacial score (nSPS) is 21.0. The molecule has 3 rings (SSSR count). The van der Waals surface area contributed by atoms with Crippen molar-refractivity contribution in [1.82, 2.24) is 4.90 Å². The second-order valence-electron chi connectivity index (χ2n) is 6.69. The number of fused-ring (bicyclic) bond motifs is 1. The van der Waals surface area contributed by atoms with Gasteiger partial charge in [-0.05, 0) is 32.3 Å². The number of nitrogens with zero attached hydrogens (tertiary/aromatic N) is 3. The van der Waals surface area contributed by atoms with Crippen molar-refractivity contribution >= 4 is 23.2 Å². The van der Waals surface area contributed by atoms with Crippen LogP contribution in [0.15, 0.2) is 18.2 Å². The number of benzene rings is 1. The first kappa shape index (κ1) is 18.1. The summed E-state index contributed by atoms with van der Waals surface area (Å²) in [7, 11) is 0. The van der Waals surface area contributed by atoms with E-state index in [0.717, 1.165) is 19.3 Å². The largest absolute Gasteiger partial charge is 0.482 e. The van der Waals surface area contributed by atoms with Crippen molar-refractivity contribution in [2.75, 3.05) is 24.6 Å². The van der Waals surface area contributed by atoms with E-state index in [1.54, 1.807) is 4.90 Å². The van der Waals surface area contributed by atoms with Crippen LogP contribution in [0, 0.1) is 10.1 Å². The zero-order valence-corrected chi connectivity index (χ0v) is 14.6. The Balaban J connectivity index is 1.85. The lowest BCUT2D eigenvalue weighted by atomic mass is 9.97. The summed E-state index contributed by atoms with van der Waals surface area (Å²) >= 11 is 0. The van der Waals surface area contributed by atoms with Gasteiger partial charge < -0.3 is 15.4 Å². The highest BCUT2D eigenvalue weighted by atomic mass is 16.6. The molecule has 2 aliphatic heterocycles. The third kappa shape index (κ3) is 3.48. The van der Waals surface area contributed by atoms with Crippen LogP contribution in [0.25, 0.3) is 0 Å². The lowest BCUT2D eigenvalue weighted by Gasteiger charge is -2.39. The number of rotatable bonds is 4. The van der Waals surface area contributed by atoms with E-state index in [9.17, 15) is 19.7 Å². The molecular weight excluding hydrogens is 340 g/mol. The standard InChI is InChI=1S/C17H22N4O5/c1-11(18)13-4-2-3-7-19(13)16(22)9-20-14-8-12(21(24)25)5-6-15(14)26-10-17(20)23/h5-6,8,11,13H,2-4,7,9-10,18H2,1H3. The van der Waals surface area contributed by atoms with Crippen molar-refractivity contribution in [2.24, 2.45) is 5.73 Å². The second-order valence-corrected chi connectivity index (χ2v) is 6.69. The van der Waals surface area contributed by atoms with Crippen molar-refractivity contribution in [3.63, 3.8) is 0 Å². The number of nitrogens with two attached hydrogens (primary N) is 1. The maximum atomic E-state index is 12.9. The molecule has 26 heavy (non-hydrogen) atoms. The number of hydrogen-bond acceptors (Lipinski definition) is 6. The van der Waals surface area contributed by atoms with Gasteiger partial charge in [0.15, 0.2) is 6.61 Å². The Morgan fingerprint density at radius 1 is 1.46 bits per heavy atom. The molecule has 1 saturated heterocycles. The minimum atomic E-state index is -0.546. The zero-order valence-electron chi connectivity index (χ0n) is 14.6. The number of piperidine rings is 1. The Labute approximate surface area is 150 Å². The smallest absolute Gasteiger partial charge is 0.271 e. The first-order chi connectivity index (χ1) is 12.4. The molecule has 0 aliphatic carbocycles. The van der Waals surface area contributed by atoms with Gasteiger partial charge in [0.2, 0.25) is 5.91 Å². The van der Waals surface area contributed by atoms with Gasteiger partial charge in [0, 0.05) is 30.8 Å². The first-order valence-corrected chi connectivity index (χ1v) is 8.65. The van der Waals surface area contributed by atoms with Crippen LogP contribution in [0.5, 0.6) is 5.75 Å². The quantitative estimate of drug-likeness (QED) is 0.631. The molecular formula is C17H22N4O5. The van der Waals surface area contributed by atoms with E-state index >= 15 is 0 Å². The molecule has 2 heterocycles. The SMILES string of the molecule is CC(N)C1CCCCN1C(=O)CN1C(=O)COc2ccc([N+](=O)[O-])cc21. The number of ether oxygens (including phenoxy) is 1. The molecule has 9 heteroatoms. The summed E-state index contributed by atoms with van der Waals surface area (Å²) in [5.74, 6) is -0.259.